The smallest absolute Gasteiger partial charge is 0.207 e. The molecule has 1 saturated heterocycles. The minimum atomic E-state index is -1.00. The number of aromatic nitrogens is 1. The van der Waals surface area contributed by atoms with E-state index < -0.39 is 5.60 Å². The molecule has 0 radical (unpaired) electrons. The number of nitrogens with zero attached hydrogens (tertiary/aromatic N) is 2. The van der Waals surface area contributed by atoms with E-state index in [2.05, 4.69) is 33.3 Å². The van der Waals surface area contributed by atoms with Gasteiger partial charge in [0.05, 0.1) is 21.9 Å². The number of allylic oxidation sites excluding steroid dienone is 4. The van der Waals surface area contributed by atoms with E-state index in [4.69, 9.17) is 44.1 Å². The zero-order valence-corrected chi connectivity index (χ0v) is 25.0. The van der Waals surface area contributed by atoms with Gasteiger partial charge >= 0.3 is 0 Å². The van der Waals surface area contributed by atoms with Crippen LogP contribution in [0.2, 0.25) is 5.02 Å². The van der Waals surface area contributed by atoms with Gasteiger partial charge in [-0.3, -0.25) is 14.8 Å². The SMILES string of the molecule is NS.O=CNC1CCC(N2CC(O)(c3ccc(OCc4c(C5C(Cl)=CC=CC5Cl)noc4C4CC4)cc3Cl)C2)C1. The third kappa shape index (κ3) is 6.07. The molecule has 2 saturated carbocycles. The predicted molar refractivity (Wildman–Crippen MR) is 159 cm³/mol. The van der Waals surface area contributed by atoms with Crippen LogP contribution < -0.4 is 15.2 Å². The maximum atomic E-state index is 11.3. The number of carbonyl (C=O) groups is 1. The van der Waals surface area contributed by atoms with Crippen molar-refractivity contribution in [2.24, 2.45) is 5.14 Å². The van der Waals surface area contributed by atoms with Crippen molar-refractivity contribution in [1.29, 1.82) is 0 Å². The standard InChI is InChI=1S/C28H30Cl3N3O4.H3NS/c29-22-2-1-3-23(30)25(22)26-20(27(38-33-26)16-4-5-16)12-37-19-8-9-21(24(31)11-19)28(36)13-34(14-28)18-7-6-17(10-18)32-15-35;1-2/h1-3,8-9,11,15-18,22,25,36H,4-7,10,12-14H2,(H,32,35);2H,1H2. The van der Waals surface area contributed by atoms with Gasteiger partial charge in [-0.2, -0.15) is 0 Å². The number of hydrogen-bond donors (Lipinski definition) is 4. The van der Waals surface area contributed by atoms with Crippen LogP contribution in [0.3, 0.4) is 0 Å². The lowest BCUT2D eigenvalue weighted by molar-refractivity contribution is -0.121. The molecule has 40 heavy (non-hydrogen) atoms. The van der Waals surface area contributed by atoms with Gasteiger partial charge in [0.2, 0.25) is 6.41 Å². The van der Waals surface area contributed by atoms with E-state index in [1.165, 1.54) is 0 Å². The van der Waals surface area contributed by atoms with Gasteiger partial charge in [0.25, 0.3) is 0 Å². The molecule has 4 N–H and O–H groups in total. The Morgan fingerprint density at radius 3 is 2.70 bits per heavy atom. The van der Waals surface area contributed by atoms with Gasteiger partial charge in [-0.15, -0.1) is 24.4 Å². The molecule has 1 aromatic heterocycles. The zero-order chi connectivity index (χ0) is 28.4. The summed E-state index contributed by atoms with van der Waals surface area (Å²) >= 11 is 22.8. The van der Waals surface area contributed by atoms with E-state index >= 15 is 0 Å². The van der Waals surface area contributed by atoms with E-state index in [-0.39, 0.29) is 23.9 Å². The van der Waals surface area contributed by atoms with Gasteiger partial charge in [-0.25, -0.2) is 0 Å². The zero-order valence-electron chi connectivity index (χ0n) is 21.8. The lowest BCUT2D eigenvalue weighted by Crippen LogP contribution is -2.62. The summed E-state index contributed by atoms with van der Waals surface area (Å²) in [5.74, 6) is 1.49. The Morgan fingerprint density at radius 1 is 1.25 bits per heavy atom. The Hall–Kier alpha value is -1.72. The van der Waals surface area contributed by atoms with Crippen LogP contribution in [0, 0.1) is 0 Å². The molecule has 8 nitrogen and oxygen atoms in total. The van der Waals surface area contributed by atoms with E-state index in [9.17, 15) is 9.90 Å². The number of likely N-dealkylation sites (tertiary alicyclic amines) is 1. The van der Waals surface area contributed by atoms with E-state index in [0.717, 1.165) is 49.8 Å². The molecular weight excluding hydrogens is 595 g/mol. The Bertz CT molecular complexity index is 1280. The number of aliphatic hydroxyl groups is 1. The Kier molecular flexibility index (Phi) is 9.41. The average Bonchev–Trinajstić information content (AvgIpc) is 3.52. The third-order valence-electron chi connectivity index (χ3n) is 8.24. The predicted octanol–water partition coefficient (Wildman–Crippen LogP) is 5.13. The lowest BCUT2D eigenvalue weighted by atomic mass is 9.84. The summed E-state index contributed by atoms with van der Waals surface area (Å²) in [6.07, 6.45) is 11.4. The maximum Gasteiger partial charge on any atom is 0.207 e. The van der Waals surface area contributed by atoms with Gasteiger partial charge in [-0.1, -0.05) is 46.6 Å². The second-order valence-corrected chi connectivity index (χ2v) is 12.2. The Morgan fingerprint density at radius 2 is 2.02 bits per heavy atom. The molecule has 12 heteroatoms. The highest BCUT2D eigenvalue weighted by molar-refractivity contribution is 7.77. The van der Waals surface area contributed by atoms with E-state index in [1.54, 1.807) is 6.07 Å². The lowest BCUT2D eigenvalue weighted by Gasteiger charge is -2.50. The van der Waals surface area contributed by atoms with Crippen molar-refractivity contribution in [3.63, 3.8) is 0 Å². The summed E-state index contributed by atoms with van der Waals surface area (Å²) < 4.78 is 11.9. The summed E-state index contributed by atoms with van der Waals surface area (Å²) in [7, 11) is 0. The molecule has 0 bridgehead atoms. The number of nitrogens with two attached hydrogens (primary N) is 1. The number of benzene rings is 1. The van der Waals surface area contributed by atoms with Crippen LogP contribution in [0.15, 0.2) is 46.0 Å². The summed E-state index contributed by atoms with van der Waals surface area (Å²) in [6, 6.07) is 6.02. The van der Waals surface area contributed by atoms with Crippen molar-refractivity contribution in [2.45, 2.75) is 73.6 Å². The first-order valence-corrected chi connectivity index (χ1v) is 15.1. The molecule has 1 aromatic carbocycles. The second-order valence-electron chi connectivity index (χ2n) is 10.9. The molecule has 216 valence electrons. The van der Waals surface area contributed by atoms with Crippen LogP contribution in [-0.2, 0) is 17.0 Å². The number of thiol groups is 1. The summed E-state index contributed by atoms with van der Waals surface area (Å²) in [4.78, 5) is 13.0. The maximum absolute atomic E-state index is 11.3. The van der Waals surface area contributed by atoms with Crippen molar-refractivity contribution >= 4 is 54.0 Å². The largest absolute Gasteiger partial charge is 0.489 e. The quantitative estimate of drug-likeness (QED) is 0.173. The number of alkyl halides is 1. The van der Waals surface area contributed by atoms with Crippen LogP contribution in [0.1, 0.15) is 66.5 Å². The molecule has 4 unspecified atom stereocenters. The van der Waals surface area contributed by atoms with Crippen LogP contribution in [-0.4, -0.2) is 52.1 Å². The Balaban J connectivity index is 0.00000158. The summed E-state index contributed by atoms with van der Waals surface area (Å²) in [5, 5.41) is 23.5. The minimum Gasteiger partial charge on any atom is -0.489 e. The number of ether oxygens (including phenoxy) is 1. The molecule has 4 aliphatic rings. The van der Waals surface area contributed by atoms with Crippen LogP contribution in [0.25, 0.3) is 0 Å². The van der Waals surface area contributed by atoms with Gasteiger partial charge in [0, 0.05) is 41.7 Å². The number of carbonyl (C=O) groups excluding carboxylic acids is 1. The number of halogens is 3. The van der Waals surface area contributed by atoms with E-state index in [0.29, 0.717) is 52.1 Å². The van der Waals surface area contributed by atoms with Crippen molar-refractivity contribution in [3.05, 3.63) is 69.1 Å². The molecule has 4 atom stereocenters. The number of β-amino-alcohol motifs (C(OH)–C–C–N with tert-alkyl or cyclic N) is 1. The van der Waals surface area contributed by atoms with Gasteiger partial charge in [-0.05, 0) is 50.3 Å². The van der Waals surface area contributed by atoms with Gasteiger partial charge < -0.3 is 19.7 Å². The summed E-state index contributed by atoms with van der Waals surface area (Å²) in [5.41, 5.74) is 1.29. The molecule has 2 heterocycles. The fourth-order valence-corrected chi connectivity index (χ4v) is 7.06. The molecule has 1 amide bonds. The molecule has 3 aliphatic carbocycles. The highest BCUT2D eigenvalue weighted by atomic mass is 35.5. The second kappa shape index (κ2) is 12.7. The van der Waals surface area contributed by atoms with Crippen molar-refractivity contribution in [3.8, 4) is 5.75 Å². The first kappa shape index (κ1) is 29.8. The molecule has 0 spiro atoms. The fraction of sp³-hybridized carbons (Fsp3) is 0.500. The number of hydrogen-bond acceptors (Lipinski definition) is 8. The number of nitrogens with one attached hydrogen (secondary N) is 1. The van der Waals surface area contributed by atoms with Crippen LogP contribution in [0.4, 0.5) is 0 Å². The van der Waals surface area contributed by atoms with Crippen LogP contribution >= 0.6 is 47.6 Å². The highest BCUT2D eigenvalue weighted by Gasteiger charge is 2.47. The fourth-order valence-electron chi connectivity index (χ4n) is 6.00. The number of rotatable bonds is 9. The molecule has 3 fully saturated rings. The molecule has 2 aromatic rings. The molecular formula is C28H33Cl3N4O4S. The van der Waals surface area contributed by atoms with Crippen molar-refractivity contribution in [1.82, 2.24) is 15.4 Å². The normalized spacial score (nSPS) is 27.3. The van der Waals surface area contributed by atoms with Crippen molar-refractivity contribution in [2.75, 3.05) is 13.1 Å². The molecule has 1 aliphatic heterocycles. The first-order chi connectivity index (χ1) is 19.4. The van der Waals surface area contributed by atoms with Crippen molar-refractivity contribution < 1.29 is 19.2 Å². The van der Waals surface area contributed by atoms with E-state index in [1.807, 2.05) is 30.4 Å². The summed E-state index contributed by atoms with van der Waals surface area (Å²) in [6.45, 7) is 1.29. The van der Waals surface area contributed by atoms with Crippen LogP contribution in [0.5, 0.6) is 5.75 Å². The third-order valence-corrected chi connectivity index (χ3v) is 9.31. The number of amides is 1. The van der Waals surface area contributed by atoms with Gasteiger partial charge in [0.1, 0.15) is 29.4 Å². The monoisotopic (exact) mass is 626 g/mol. The topological polar surface area (TPSA) is 114 Å². The minimum absolute atomic E-state index is 0.217. The Labute approximate surface area is 254 Å². The first-order valence-electron chi connectivity index (χ1n) is 13.4. The van der Waals surface area contributed by atoms with Gasteiger partial charge in [0.15, 0.2) is 0 Å². The average molecular weight is 628 g/mol. The highest BCUT2D eigenvalue weighted by Crippen LogP contribution is 2.46. The molecule has 6 rings (SSSR count).